The third-order valence-corrected chi connectivity index (χ3v) is 8.23. The Hall–Kier alpha value is -3.67. The molecule has 222 valence electrons. The highest BCUT2D eigenvalue weighted by atomic mass is 35.5. The molecule has 2 aliphatic heterocycles. The number of piperidine rings is 2. The number of carbonyl (C=O) groups excluding carboxylic acids is 1. The minimum atomic E-state index is -2.74. The summed E-state index contributed by atoms with van der Waals surface area (Å²) in [6, 6.07) is 15.5. The zero-order valence-corrected chi connectivity index (χ0v) is 23.6. The molecule has 1 atom stereocenters. The number of nitrogens with one attached hydrogen (secondary N) is 1. The van der Waals surface area contributed by atoms with E-state index in [1.165, 1.54) is 12.8 Å². The molecule has 5 rings (SSSR count). The lowest BCUT2D eigenvalue weighted by Gasteiger charge is -2.57. The first-order valence-corrected chi connectivity index (χ1v) is 13.5. The zero-order chi connectivity index (χ0) is 30.4. The van der Waals surface area contributed by atoms with Gasteiger partial charge in [0.25, 0.3) is 5.91 Å². The second-order valence-electron chi connectivity index (χ2n) is 10.5. The molecule has 2 heterocycles. The summed E-state index contributed by atoms with van der Waals surface area (Å²) in [4.78, 5) is 46.3. The molecule has 11 nitrogen and oxygen atoms in total. The van der Waals surface area contributed by atoms with Gasteiger partial charge in [-0.2, -0.15) is 0 Å². The monoisotopic (exact) mass is 590 g/mol. The van der Waals surface area contributed by atoms with Crippen LogP contribution in [-0.4, -0.2) is 81.0 Å². The third-order valence-electron chi connectivity index (χ3n) is 7.92. The van der Waals surface area contributed by atoms with E-state index < -0.39 is 36.4 Å². The van der Waals surface area contributed by atoms with E-state index in [9.17, 15) is 19.2 Å². The number of nitrogens with zero attached hydrogens (tertiary/aromatic N) is 1. The van der Waals surface area contributed by atoms with Crippen LogP contribution in [0.3, 0.4) is 0 Å². The molecular formula is C29H35ClN2O9. The van der Waals surface area contributed by atoms with Crippen molar-refractivity contribution in [3.05, 3.63) is 64.7 Å². The number of carboxylic acid groups (broad SMARTS) is 3. The van der Waals surface area contributed by atoms with Gasteiger partial charge < -0.3 is 30.5 Å². The number of carboxylic acids is 3. The predicted molar refractivity (Wildman–Crippen MR) is 149 cm³/mol. The van der Waals surface area contributed by atoms with Crippen molar-refractivity contribution in [2.45, 2.75) is 55.7 Å². The first kappa shape index (κ1) is 31.9. The number of hydrogen-bond donors (Lipinski definition) is 5. The average Bonchev–Trinajstić information content (AvgIpc) is 2.92. The molecule has 2 aromatic carbocycles. The number of amides is 1. The molecule has 12 heteroatoms. The molecule has 2 aromatic rings. The van der Waals surface area contributed by atoms with Crippen LogP contribution in [0.4, 0.5) is 0 Å². The van der Waals surface area contributed by atoms with Crippen molar-refractivity contribution in [1.82, 2.24) is 10.2 Å². The van der Waals surface area contributed by atoms with Crippen LogP contribution >= 0.6 is 11.6 Å². The van der Waals surface area contributed by atoms with Gasteiger partial charge in [0.05, 0.1) is 36.6 Å². The molecule has 0 radical (unpaired) electrons. The quantitative estimate of drug-likeness (QED) is 0.276. The van der Waals surface area contributed by atoms with E-state index in [1.807, 2.05) is 18.2 Å². The topological polar surface area (TPSA) is 174 Å². The van der Waals surface area contributed by atoms with Crippen molar-refractivity contribution < 1.29 is 44.3 Å². The predicted octanol–water partition coefficient (Wildman–Crippen LogP) is 3.45. The number of hydrogen-bond acceptors (Lipinski definition) is 7. The number of benzene rings is 2. The zero-order valence-electron chi connectivity index (χ0n) is 22.9. The Bertz CT molecular complexity index is 1250. The lowest BCUT2D eigenvalue weighted by molar-refractivity contribution is -0.170. The maximum absolute atomic E-state index is 13.4. The van der Waals surface area contributed by atoms with Crippen molar-refractivity contribution >= 4 is 35.4 Å². The van der Waals surface area contributed by atoms with Crippen molar-refractivity contribution in [2.24, 2.45) is 5.92 Å². The fourth-order valence-corrected chi connectivity index (χ4v) is 6.06. The van der Waals surface area contributed by atoms with Crippen LogP contribution in [0.5, 0.6) is 5.75 Å². The van der Waals surface area contributed by atoms with Crippen LogP contribution in [0.25, 0.3) is 0 Å². The van der Waals surface area contributed by atoms with Gasteiger partial charge >= 0.3 is 17.9 Å². The number of ether oxygens (including phenoxy) is 1. The number of aliphatic carboxylic acids is 3. The Labute approximate surface area is 242 Å². The normalized spacial score (nSPS) is 20.7. The Morgan fingerprint density at radius 1 is 1.02 bits per heavy atom. The molecule has 0 spiro atoms. The minimum absolute atomic E-state index is 0.0692. The molecule has 1 saturated carbocycles. The van der Waals surface area contributed by atoms with E-state index in [0.717, 1.165) is 30.9 Å². The number of methoxy groups -OCH3 is 1. The number of fused-ring (bicyclic) bond motifs is 3. The lowest BCUT2D eigenvalue weighted by atomic mass is 9.66. The molecule has 3 aliphatic rings. The van der Waals surface area contributed by atoms with Gasteiger partial charge in [-0.15, -0.1) is 0 Å². The van der Waals surface area contributed by atoms with Crippen molar-refractivity contribution in [3.63, 3.8) is 0 Å². The maximum Gasteiger partial charge on any atom is 0.336 e. The van der Waals surface area contributed by atoms with E-state index in [4.69, 9.17) is 36.8 Å². The number of aliphatic hydroxyl groups is 1. The van der Waals surface area contributed by atoms with Crippen LogP contribution in [-0.2, 0) is 14.4 Å². The van der Waals surface area contributed by atoms with Gasteiger partial charge in [-0.3, -0.25) is 19.3 Å². The molecule has 0 aromatic heterocycles. The van der Waals surface area contributed by atoms with Crippen LogP contribution in [0, 0.1) is 5.92 Å². The van der Waals surface area contributed by atoms with Gasteiger partial charge in [0.15, 0.2) is 5.60 Å². The summed E-state index contributed by atoms with van der Waals surface area (Å²) in [5.41, 5.74) is -1.28. The standard InChI is InChI=1S/C23H27ClN2O2.C6H8O7/c1-26-15-16-11-13-23(26,14-12-16)21(17-7-4-3-5-8-17)25-22(27)20-18(24)9-6-10-19(20)28-2;7-3(8)1-6(13,5(11)12)2-4(9)10/h3-10,16,21H,11-15H2,1-2H3,(H,25,27);13H,1-2H2,(H,7,8)(H,9,10)(H,11,12)/t16?,21-,23?;/m1./s1. The van der Waals surface area contributed by atoms with Crippen molar-refractivity contribution in [2.75, 3.05) is 20.7 Å². The fraction of sp³-hybridized carbons (Fsp3) is 0.448. The van der Waals surface area contributed by atoms with E-state index in [-0.39, 0.29) is 17.5 Å². The first-order valence-electron chi connectivity index (χ1n) is 13.1. The number of carbonyl (C=O) groups is 4. The van der Waals surface area contributed by atoms with Gasteiger partial charge in [-0.1, -0.05) is 48.0 Å². The molecule has 41 heavy (non-hydrogen) atoms. The van der Waals surface area contributed by atoms with Crippen molar-refractivity contribution in [3.8, 4) is 5.75 Å². The van der Waals surface area contributed by atoms with Gasteiger partial charge in [0.1, 0.15) is 5.75 Å². The largest absolute Gasteiger partial charge is 0.496 e. The average molecular weight is 591 g/mol. The summed E-state index contributed by atoms with van der Waals surface area (Å²) in [5, 5.41) is 37.6. The summed E-state index contributed by atoms with van der Waals surface area (Å²) < 4.78 is 5.40. The summed E-state index contributed by atoms with van der Waals surface area (Å²) >= 11 is 6.37. The third kappa shape index (κ3) is 7.35. The summed E-state index contributed by atoms with van der Waals surface area (Å²) in [7, 11) is 3.76. The molecule has 1 aliphatic carbocycles. The van der Waals surface area contributed by atoms with Gasteiger partial charge in [0, 0.05) is 12.1 Å². The highest BCUT2D eigenvalue weighted by molar-refractivity contribution is 6.34. The molecule has 2 bridgehead atoms. The molecular weight excluding hydrogens is 556 g/mol. The summed E-state index contributed by atoms with van der Waals surface area (Å²) in [5.74, 6) is -3.93. The summed E-state index contributed by atoms with van der Waals surface area (Å²) in [6.45, 7) is 1.09. The van der Waals surface area contributed by atoms with Crippen LogP contribution in [0.2, 0.25) is 5.02 Å². The molecule has 0 unspecified atom stereocenters. The van der Waals surface area contributed by atoms with Crippen LogP contribution in [0.1, 0.15) is 60.5 Å². The van der Waals surface area contributed by atoms with E-state index in [1.54, 1.807) is 25.3 Å². The van der Waals surface area contributed by atoms with E-state index in [0.29, 0.717) is 16.3 Å². The number of rotatable bonds is 10. The Morgan fingerprint density at radius 3 is 2.10 bits per heavy atom. The highest BCUT2D eigenvalue weighted by Crippen LogP contribution is 2.49. The Kier molecular flexibility index (Phi) is 10.4. The first-order chi connectivity index (χ1) is 19.3. The molecule has 3 fully saturated rings. The second kappa shape index (κ2) is 13.3. The van der Waals surface area contributed by atoms with Gasteiger partial charge in [-0.25, -0.2) is 4.79 Å². The smallest absolute Gasteiger partial charge is 0.336 e. The van der Waals surface area contributed by atoms with Crippen LogP contribution in [0.15, 0.2) is 48.5 Å². The van der Waals surface area contributed by atoms with Gasteiger partial charge in [0.2, 0.25) is 0 Å². The van der Waals surface area contributed by atoms with Crippen molar-refractivity contribution in [1.29, 1.82) is 0 Å². The SMILES string of the molecule is COc1cccc(Cl)c1C(=O)N[C@H](c1ccccc1)C12CCC(CC1)CN2C.O=C(O)CC(O)(CC(=O)O)C(=O)O. The fourth-order valence-electron chi connectivity index (χ4n) is 5.81. The Balaban J connectivity index is 0.000000302. The number of halogens is 1. The van der Waals surface area contributed by atoms with Gasteiger partial charge in [-0.05, 0) is 56.3 Å². The van der Waals surface area contributed by atoms with E-state index in [2.05, 4.69) is 29.4 Å². The highest BCUT2D eigenvalue weighted by Gasteiger charge is 2.50. The molecule has 2 saturated heterocycles. The van der Waals surface area contributed by atoms with Crippen LogP contribution < -0.4 is 10.1 Å². The van der Waals surface area contributed by atoms with E-state index >= 15 is 0 Å². The minimum Gasteiger partial charge on any atom is -0.496 e. The Morgan fingerprint density at radius 2 is 1.61 bits per heavy atom. The molecule has 5 N–H and O–H groups in total. The maximum atomic E-state index is 13.4. The second-order valence-corrected chi connectivity index (χ2v) is 10.9. The molecule has 1 amide bonds. The summed E-state index contributed by atoms with van der Waals surface area (Å²) in [6.07, 6.45) is 2.34. The lowest BCUT2D eigenvalue weighted by Crippen LogP contribution is -2.62. The number of likely N-dealkylation sites (N-methyl/N-ethyl adjacent to an activating group) is 1.